The van der Waals surface area contributed by atoms with Crippen LogP contribution >= 0.6 is 0 Å². The summed E-state index contributed by atoms with van der Waals surface area (Å²) in [5, 5.41) is 4.24. The Hall–Kier alpha value is -2.43. The lowest BCUT2D eigenvalue weighted by Crippen LogP contribution is -1.99. The van der Waals surface area contributed by atoms with Crippen molar-refractivity contribution < 1.29 is 4.39 Å². The second-order valence-corrected chi connectivity index (χ2v) is 4.13. The van der Waals surface area contributed by atoms with Gasteiger partial charge in [-0.1, -0.05) is 12.1 Å². The van der Waals surface area contributed by atoms with Gasteiger partial charge in [-0.2, -0.15) is 5.10 Å². The Balaban J connectivity index is 2.30. The molecule has 2 heterocycles. The molecule has 2 N–H and O–H groups in total. The Morgan fingerprint density at radius 2 is 2.11 bits per heavy atom. The molecule has 0 saturated heterocycles. The van der Waals surface area contributed by atoms with E-state index in [-0.39, 0.29) is 5.82 Å². The second kappa shape index (κ2) is 3.80. The topological polar surface area (TPSA) is 56.2 Å². The summed E-state index contributed by atoms with van der Waals surface area (Å²) in [6, 6.07) is 8.09. The minimum absolute atomic E-state index is 0.285. The van der Waals surface area contributed by atoms with Gasteiger partial charge in [-0.15, -0.1) is 0 Å². The van der Waals surface area contributed by atoms with Crippen LogP contribution in [0.3, 0.4) is 0 Å². The lowest BCUT2D eigenvalue weighted by atomic mass is 10.1. The van der Waals surface area contributed by atoms with Crippen LogP contribution in [-0.2, 0) is 0 Å². The van der Waals surface area contributed by atoms with Gasteiger partial charge in [0.15, 0.2) is 5.65 Å². The zero-order valence-electron chi connectivity index (χ0n) is 9.76. The fourth-order valence-electron chi connectivity index (χ4n) is 2.00. The minimum atomic E-state index is -0.285. The maximum absolute atomic E-state index is 13.2. The first kappa shape index (κ1) is 10.7. The van der Waals surface area contributed by atoms with Crippen LogP contribution in [0.5, 0.6) is 0 Å². The Morgan fingerprint density at radius 3 is 2.89 bits per heavy atom. The van der Waals surface area contributed by atoms with Crippen LogP contribution in [-0.4, -0.2) is 14.6 Å². The molecule has 3 aromatic rings. The maximum Gasteiger partial charge on any atom is 0.165 e. The van der Waals surface area contributed by atoms with Crippen molar-refractivity contribution in [3.8, 4) is 11.1 Å². The first-order valence-corrected chi connectivity index (χ1v) is 5.52. The highest BCUT2D eigenvalue weighted by molar-refractivity contribution is 5.77. The number of nitrogen functional groups attached to an aromatic ring is 1. The van der Waals surface area contributed by atoms with E-state index >= 15 is 0 Å². The predicted molar refractivity (Wildman–Crippen MR) is 67.5 cm³/mol. The van der Waals surface area contributed by atoms with Gasteiger partial charge in [0.2, 0.25) is 0 Å². The average molecular weight is 242 g/mol. The molecule has 3 rings (SSSR count). The molecule has 5 heteroatoms. The summed E-state index contributed by atoms with van der Waals surface area (Å²) >= 11 is 0. The molecule has 0 aliphatic rings. The molecule has 2 aromatic heterocycles. The van der Waals surface area contributed by atoms with E-state index in [0.717, 1.165) is 16.8 Å². The summed E-state index contributed by atoms with van der Waals surface area (Å²) in [5.41, 5.74) is 8.77. The lowest BCUT2D eigenvalue weighted by molar-refractivity contribution is 0.628. The van der Waals surface area contributed by atoms with E-state index in [4.69, 9.17) is 5.73 Å². The third-order valence-corrected chi connectivity index (χ3v) is 2.81. The molecule has 90 valence electrons. The molecule has 0 atom stereocenters. The summed E-state index contributed by atoms with van der Waals surface area (Å²) < 4.78 is 14.9. The van der Waals surface area contributed by atoms with Crippen LogP contribution in [0.4, 0.5) is 10.2 Å². The van der Waals surface area contributed by atoms with Crippen LogP contribution in [0, 0.1) is 12.7 Å². The van der Waals surface area contributed by atoms with Crippen LogP contribution in [0.25, 0.3) is 16.8 Å². The number of halogens is 1. The van der Waals surface area contributed by atoms with Crippen LogP contribution in [0.15, 0.2) is 36.5 Å². The van der Waals surface area contributed by atoms with Gasteiger partial charge < -0.3 is 5.73 Å². The monoisotopic (exact) mass is 242 g/mol. The van der Waals surface area contributed by atoms with Gasteiger partial charge in [0.05, 0.1) is 6.20 Å². The molecule has 0 spiro atoms. The van der Waals surface area contributed by atoms with Crippen molar-refractivity contribution in [2.45, 2.75) is 6.92 Å². The molecule has 0 saturated carbocycles. The smallest absolute Gasteiger partial charge is 0.165 e. The van der Waals surface area contributed by atoms with E-state index in [9.17, 15) is 4.39 Å². The van der Waals surface area contributed by atoms with Crippen LogP contribution < -0.4 is 5.73 Å². The van der Waals surface area contributed by atoms with Gasteiger partial charge in [-0.25, -0.2) is 13.9 Å². The van der Waals surface area contributed by atoms with Crippen molar-refractivity contribution in [3.05, 3.63) is 48.0 Å². The largest absolute Gasteiger partial charge is 0.384 e. The molecule has 0 aliphatic heterocycles. The maximum atomic E-state index is 13.2. The van der Waals surface area contributed by atoms with E-state index in [1.807, 2.05) is 13.0 Å². The minimum Gasteiger partial charge on any atom is -0.384 e. The van der Waals surface area contributed by atoms with Crippen LogP contribution in [0.2, 0.25) is 0 Å². The molecule has 0 fully saturated rings. The van der Waals surface area contributed by atoms with Gasteiger partial charge in [-0.3, -0.25) is 0 Å². The number of nitrogens with two attached hydrogens (primary N) is 1. The standard InChI is InChI=1S/C13H11FN4/c1-8-5-12(15)17-13-11(7-16-18(8)13)9-3-2-4-10(14)6-9/h2-7H,1H3,(H2,15,17). The lowest BCUT2D eigenvalue weighted by Gasteiger charge is -2.02. The van der Waals surface area contributed by atoms with Gasteiger partial charge in [0.25, 0.3) is 0 Å². The summed E-state index contributed by atoms with van der Waals surface area (Å²) in [6.07, 6.45) is 1.67. The Kier molecular flexibility index (Phi) is 2.26. The molecule has 0 unspecified atom stereocenters. The first-order valence-electron chi connectivity index (χ1n) is 5.52. The third-order valence-electron chi connectivity index (χ3n) is 2.81. The van der Waals surface area contributed by atoms with E-state index in [0.29, 0.717) is 11.5 Å². The van der Waals surface area contributed by atoms with Gasteiger partial charge in [-0.05, 0) is 24.6 Å². The molecule has 0 aliphatic carbocycles. The molecule has 4 nitrogen and oxygen atoms in total. The summed E-state index contributed by atoms with van der Waals surface area (Å²) in [7, 11) is 0. The number of hydrogen-bond donors (Lipinski definition) is 1. The molecular formula is C13H11FN4. The molecule has 0 radical (unpaired) electrons. The van der Waals surface area contributed by atoms with Crippen molar-refractivity contribution in [1.29, 1.82) is 0 Å². The predicted octanol–water partition coefficient (Wildman–Crippen LogP) is 2.43. The van der Waals surface area contributed by atoms with Crippen molar-refractivity contribution in [2.24, 2.45) is 0 Å². The van der Waals surface area contributed by atoms with Crippen LogP contribution in [0.1, 0.15) is 5.69 Å². The quantitative estimate of drug-likeness (QED) is 0.713. The van der Waals surface area contributed by atoms with E-state index in [2.05, 4.69) is 10.1 Å². The second-order valence-electron chi connectivity index (χ2n) is 4.13. The fraction of sp³-hybridized carbons (Fsp3) is 0.0769. The summed E-state index contributed by atoms with van der Waals surface area (Å²) in [5.74, 6) is 0.144. The number of anilines is 1. The van der Waals surface area contributed by atoms with Gasteiger partial charge in [0.1, 0.15) is 11.6 Å². The first-order chi connectivity index (χ1) is 8.65. The number of nitrogens with zero attached hydrogens (tertiary/aromatic N) is 3. The fourth-order valence-corrected chi connectivity index (χ4v) is 2.00. The van der Waals surface area contributed by atoms with Crippen molar-refractivity contribution in [3.63, 3.8) is 0 Å². The van der Waals surface area contributed by atoms with E-state index < -0.39 is 0 Å². The summed E-state index contributed by atoms with van der Waals surface area (Å²) in [4.78, 5) is 4.26. The number of aryl methyl sites for hydroxylation is 1. The highest BCUT2D eigenvalue weighted by Gasteiger charge is 2.10. The van der Waals surface area contributed by atoms with Gasteiger partial charge in [0, 0.05) is 17.3 Å². The number of benzene rings is 1. The van der Waals surface area contributed by atoms with E-state index in [1.54, 1.807) is 22.8 Å². The molecule has 18 heavy (non-hydrogen) atoms. The van der Waals surface area contributed by atoms with E-state index in [1.165, 1.54) is 12.1 Å². The highest BCUT2D eigenvalue weighted by Crippen LogP contribution is 2.25. The summed E-state index contributed by atoms with van der Waals surface area (Å²) in [6.45, 7) is 1.90. The Bertz CT molecular complexity index is 733. The van der Waals surface area contributed by atoms with Crippen molar-refractivity contribution >= 4 is 11.5 Å². The third kappa shape index (κ3) is 1.60. The number of hydrogen-bond acceptors (Lipinski definition) is 3. The SMILES string of the molecule is Cc1cc(N)nc2c(-c3cccc(F)c3)cnn12. The number of aromatic nitrogens is 3. The molecule has 1 aromatic carbocycles. The molecule has 0 amide bonds. The average Bonchev–Trinajstić information content (AvgIpc) is 2.72. The van der Waals surface area contributed by atoms with Gasteiger partial charge >= 0.3 is 0 Å². The van der Waals surface area contributed by atoms with Crippen molar-refractivity contribution in [1.82, 2.24) is 14.6 Å². The normalized spacial score (nSPS) is 11.0. The van der Waals surface area contributed by atoms with Crippen molar-refractivity contribution in [2.75, 3.05) is 5.73 Å². The molecular weight excluding hydrogens is 231 g/mol. The highest BCUT2D eigenvalue weighted by atomic mass is 19.1. The number of fused-ring (bicyclic) bond motifs is 1. The molecule has 0 bridgehead atoms. The zero-order chi connectivity index (χ0) is 12.7. The number of rotatable bonds is 1. The Morgan fingerprint density at radius 1 is 1.28 bits per heavy atom. The Labute approximate surface area is 103 Å². The zero-order valence-corrected chi connectivity index (χ0v) is 9.76.